The molecule has 0 saturated carbocycles. The lowest BCUT2D eigenvalue weighted by molar-refractivity contribution is 0.0321. The van der Waals surface area contributed by atoms with Crippen molar-refractivity contribution >= 4 is 22.8 Å². The van der Waals surface area contributed by atoms with E-state index in [0.717, 1.165) is 86.2 Å². The number of nitrogens with zero attached hydrogens (tertiary/aromatic N) is 5. The molecular weight excluding hydrogens is 480 g/mol. The van der Waals surface area contributed by atoms with E-state index in [0.29, 0.717) is 12.0 Å². The summed E-state index contributed by atoms with van der Waals surface area (Å²) in [5.41, 5.74) is 4.80. The molecule has 2 aromatic carbocycles. The third kappa shape index (κ3) is 4.87. The second kappa shape index (κ2) is 10.9. The molecule has 0 aliphatic carbocycles. The molecule has 2 aromatic heterocycles. The second-order valence-corrected chi connectivity index (χ2v) is 9.71. The molecule has 2 aliphatic heterocycles. The number of nitrogens with one attached hydrogen (secondary N) is 1. The molecule has 198 valence electrons. The molecule has 9 nitrogen and oxygen atoms in total. The van der Waals surface area contributed by atoms with Gasteiger partial charge in [-0.25, -0.2) is 9.50 Å². The monoisotopic (exact) mass is 514 g/mol. The molecule has 0 unspecified atom stereocenters. The Bertz CT molecular complexity index is 1390. The fourth-order valence-corrected chi connectivity index (χ4v) is 5.52. The maximum Gasteiger partial charge on any atom is 0.245 e. The van der Waals surface area contributed by atoms with Crippen LogP contribution in [-0.2, 0) is 4.74 Å². The Morgan fingerprint density at radius 3 is 2.47 bits per heavy atom. The van der Waals surface area contributed by atoms with E-state index in [-0.39, 0.29) is 0 Å². The zero-order valence-electron chi connectivity index (χ0n) is 22.0. The van der Waals surface area contributed by atoms with Gasteiger partial charge in [-0.05, 0) is 49.2 Å². The van der Waals surface area contributed by atoms with Crippen LogP contribution in [0.1, 0.15) is 12.8 Å². The number of rotatable bonds is 7. The quantitative estimate of drug-likeness (QED) is 0.388. The van der Waals surface area contributed by atoms with Gasteiger partial charge in [0.2, 0.25) is 5.95 Å². The molecule has 4 heterocycles. The van der Waals surface area contributed by atoms with Crippen molar-refractivity contribution in [3.63, 3.8) is 0 Å². The van der Waals surface area contributed by atoms with Gasteiger partial charge in [0, 0.05) is 62.8 Å². The van der Waals surface area contributed by atoms with Crippen LogP contribution in [0.25, 0.3) is 16.8 Å². The van der Waals surface area contributed by atoms with Gasteiger partial charge in [-0.2, -0.15) is 0 Å². The van der Waals surface area contributed by atoms with Gasteiger partial charge in [0.1, 0.15) is 11.5 Å². The highest BCUT2D eigenvalue weighted by atomic mass is 16.5. The number of ether oxygens (including phenoxy) is 3. The molecule has 4 aromatic rings. The van der Waals surface area contributed by atoms with Crippen LogP contribution in [0.3, 0.4) is 0 Å². The highest BCUT2D eigenvalue weighted by Gasteiger charge is 2.26. The predicted molar refractivity (Wildman–Crippen MR) is 149 cm³/mol. The highest BCUT2D eigenvalue weighted by molar-refractivity contribution is 5.72. The number of para-hydroxylation sites is 1. The van der Waals surface area contributed by atoms with E-state index in [4.69, 9.17) is 19.3 Å². The van der Waals surface area contributed by atoms with Crippen LogP contribution < -0.4 is 19.7 Å². The molecule has 0 radical (unpaired) electrons. The Hall–Kier alpha value is -3.82. The number of methoxy groups -OCH3 is 2. The Morgan fingerprint density at radius 1 is 0.895 bits per heavy atom. The topological polar surface area (TPSA) is 76.4 Å². The molecule has 38 heavy (non-hydrogen) atoms. The summed E-state index contributed by atoms with van der Waals surface area (Å²) in [5.74, 6) is 2.04. The van der Waals surface area contributed by atoms with Crippen molar-refractivity contribution < 1.29 is 14.2 Å². The minimum atomic E-state index is 0.487. The minimum absolute atomic E-state index is 0.487. The summed E-state index contributed by atoms with van der Waals surface area (Å²) in [6.07, 6.45) is 4.10. The van der Waals surface area contributed by atoms with Gasteiger partial charge in [0.25, 0.3) is 0 Å². The first-order valence-electron chi connectivity index (χ1n) is 13.2. The van der Waals surface area contributed by atoms with Crippen molar-refractivity contribution in [3.8, 4) is 22.8 Å². The molecular formula is C29H34N6O3. The van der Waals surface area contributed by atoms with Crippen molar-refractivity contribution in [2.45, 2.75) is 18.9 Å². The fourth-order valence-electron chi connectivity index (χ4n) is 5.52. The summed E-state index contributed by atoms with van der Waals surface area (Å²) in [6.45, 7) is 5.94. The lowest BCUT2D eigenvalue weighted by Crippen LogP contribution is -2.51. The Balaban J connectivity index is 1.19. The van der Waals surface area contributed by atoms with E-state index in [1.807, 2.05) is 53.2 Å². The van der Waals surface area contributed by atoms with Crippen molar-refractivity contribution in [1.82, 2.24) is 19.5 Å². The molecule has 9 heteroatoms. The van der Waals surface area contributed by atoms with E-state index in [9.17, 15) is 0 Å². The number of anilines is 3. The number of benzene rings is 2. The summed E-state index contributed by atoms with van der Waals surface area (Å²) >= 11 is 0. The van der Waals surface area contributed by atoms with Crippen LogP contribution in [0.4, 0.5) is 17.3 Å². The van der Waals surface area contributed by atoms with Crippen LogP contribution in [0, 0.1) is 0 Å². The van der Waals surface area contributed by atoms with E-state index in [1.165, 1.54) is 5.69 Å². The van der Waals surface area contributed by atoms with Crippen LogP contribution in [0.2, 0.25) is 0 Å². The number of hydrogen-bond donors (Lipinski definition) is 1. The molecule has 2 fully saturated rings. The average Bonchev–Trinajstić information content (AvgIpc) is 3.41. The summed E-state index contributed by atoms with van der Waals surface area (Å²) < 4.78 is 18.8. The first-order valence-corrected chi connectivity index (χ1v) is 13.2. The number of piperazine rings is 1. The smallest absolute Gasteiger partial charge is 0.245 e. The summed E-state index contributed by atoms with van der Waals surface area (Å²) in [4.78, 5) is 9.60. The van der Waals surface area contributed by atoms with Crippen LogP contribution in [-0.4, -0.2) is 79.2 Å². The first kappa shape index (κ1) is 24.5. The van der Waals surface area contributed by atoms with Gasteiger partial charge in [-0.15, -0.1) is 5.10 Å². The van der Waals surface area contributed by atoms with Gasteiger partial charge < -0.3 is 24.4 Å². The largest absolute Gasteiger partial charge is 0.496 e. The van der Waals surface area contributed by atoms with Gasteiger partial charge in [-0.1, -0.05) is 12.1 Å². The highest BCUT2D eigenvalue weighted by Crippen LogP contribution is 2.33. The second-order valence-electron chi connectivity index (χ2n) is 9.71. The maximum atomic E-state index is 5.77. The summed E-state index contributed by atoms with van der Waals surface area (Å²) in [7, 11) is 3.38. The minimum Gasteiger partial charge on any atom is -0.496 e. The van der Waals surface area contributed by atoms with E-state index >= 15 is 0 Å². The molecule has 1 N–H and O–H groups in total. The lowest BCUT2D eigenvalue weighted by Gasteiger charge is -2.41. The number of aromatic nitrogens is 3. The Labute approximate surface area is 222 Å². The number of fused-ring (bicyclic) bond motifs is 1. The van der Waals surface area contributed by atoms with Crippen LogP contribution in [0.5, 0.6) is 11.5 Å². The molecule has 6 rings (SSSR count). The fraction of sp³-hybridized carbons (Fsp3) is 0.379. The predicted octanol–water partition coefficient (Wildman–Crippen LogP) is 4.46. The van der Waals surface area contributed by atoms with Crippen LogP contribution >= 0.6 is 0 Å². The third-order valence-corrected chi connectivity index (χ3v) is 7.60. The number of hydrogen-bond acceptors (Lipinski definition) is 8. The lowest BCUT2D eigenvalue weighted by atomic mass is 10.1. The molecule has 0 spiro atoms. The molecule has 0 atom stereocenters. The van der Waals surface area contributed by atoms with Gasteiger partial charge in [0.15, 0.2) is 0 Å². The molecule has 0 amide bonds. The van der Waals surface area contributed by atoms with E-state index in [2.05, 4.69) is 32.2 Å². The van der Waals surface area contributed by atoms with Crippen molar-refractivity contribution in [1.29, 1.82) is 0 Å². The van der Waals surface area contributed by atoms with Gasteiger partial charge >= 0.3 is 0 Å². The Morgan fingerprint density at radius 2 is 1.68 bits per heavy atom. The van der Waals surface area contributed by atoms with Crippen molar-refractivity contribution in [2.24, 2.45) is 0 Å². The average molecular weight is 515 g/mol. The summed E-state index contributed by atoms with van der Waals surface area (Å²) in [5, 5.41) is 8.14. The molecule has 2 saturated heterocycles. The standard InChI is InChI=1S/C29H34N6O3/c1-36-27-6-4-3-5-24(27)26-10-8-23-20-30-29(32-35(23)26)31-25-9-7-22(19-28(25)37-2)34-15-13-33(14-16-34)21-11-17-38-18-12-21/h3-10,19-21H,11-18H2,1-2H3,(H,31,32). The van der Waals surface area contributed by atoms with Crippen molar-refractivity contribution in [3.05, 3.63) is 60.8 Å². The molecule has 2 aliphatic rings. The zero-order chi connectivity index (χ0) is 25.9. The summed E-state index contributed by atoms with van der Waals surface area (Å²) in [6, 6.07) is 18.9. The van der Waals surface area contributed by atoms with Gasteiger partial charge in [-0.3, -0.25) is 4.90 Å². The Kier molecular flexibility index (Phi) is 7.02. The normalized spacial score (nSPS) is 17.1. The van der Waals surface area contributed by atoms with Gasteiger partial charge in [0.05, 0.1) is 37.3 Å². The maximum absolute atomic E-state index is 5.77. The SMILES string of the molecule is COc1cc(N2CCN(C3CCOCC3)CC2)ccc1Nc1ncc2ccc(-c3ccccc3OC)n2n1. The molecule has 0 bridgehead atoms. The van der Waals surface area contributed by atoms with Crippen molar-refractivity contribution in [2.75, 3.05) is 63.8 Å². The van der Waals surface area contributed by atoms with Crippen LogP contribution in [0.15, 0.2) is 60.8 Å². The first-order chi connectivity index (χ1) is 18.7. The van der Waals surface area contributed by atoms with E-state index < -0.39 is 0 Å². The van der Waals surface area contributed by atoms with E-state index in [1.54, 1.807) is 14.2 Å². The zero-order valence-corrected chi connectivity index (χ0v) is 22.0. The third-order valence-electron chi connectivity index (χ3n) is 7.60.